The highest BCUT2D eigenvalue weighted by molar-refractivity contribution is 7.91. The maximum absolute atomic E-state index is 12.1. The van der Waals surface area contributed by atoms with Crippen molar-refractivity contribution in [3.63, 3.8) is 0 Å². The number of hydrogen-bond acceptors (Lipinski definition) is 6. The summed E-state index contributed by atoms with van der Waals surface area (Å²) in [5.74, 6) is 0.306. The van der Waals surface area contributed by atoms with Crippen molar-refractivity contribution in [2.45, 2.75) is 18.9 Å². The zero-order chi connectivity index (χ0) is 17.7. The number of benzene rings is 1. The predicted octanol–water partition coefficient (Wildman–Crippen LogP) is 1.05. The molecule has 0 spiro atoms. The van der Waals surface area contributed by atoms with E-state index in [2.05, 4.69) is 32.7 Å². The van der Waals surface area contributed by atoms with Crippen LogP contribution in [0.5, 0.6) is 0 Å². The molecular weight excluding hydrogens is 340 g/mol. The second-order valence-electron chi connectivity index (χ2n) is 6.02. The first-order chi connectivity index (χ1) is 12.0. The largest absolute Gasteiger partial charge is 0.368 e. The maximum Gasteiger partial charge on any atom is 0.271 e. The van der Waals surface area contributed by atoms with E-state index in [1.54, 1.807) is 0 Å². The number of nitrogens with one attached hydrogen (secondary N) is 2. The molecule has 2 heterocycles. The van der Waals surface area contributed by atoms with Gasteiger partial charge in [-0.1, -0.05) is 30.3 Å². The van der Waals surface area contributed by atoms with Gasteiger partial charge in [0.25, 0.3) is 5.91 Å². The summed E-state index contributed by atoms with van der Waals surface area (Å²) in [5.41, 5.74) is 1.41. The van der Waals surface area contributed by atoms with Crippen LogP contribution in [-0.4, -0.2) is 48.4 Å². The normalized spacial score (nSPS) is 18.6. The number of sulfone groups is 1. The Bertz CT molecular complexity index is 823. The Labute approximate surface area is 146 Å². The molecule has 2 N–H and O–H groups in total. The second-order valence-corrected chi connectivity index (χ2v) is 8.25. The fraction of sp³-hybridized carbons (Fsp3) is 0.353. The number of amides is 1. The minimum absolute atomic E-state index is 0.00864. The molecule has 3 rings (SSSR count). The van der Waals surface area contributed by atoms with E-state index in [-0.39, 0.29) is 23.2 Å². The molecule has 1 amide bonds. The van der Waals surface area contributed by atoms with Crippen LogP contribution in [0.15, 0.2) is 42.7 Å². The Morgan fingerprint density at radius 1 is 1.16 bits per heavy atom. The summed E-state index contributed by atoms with van der Waals surface area (Å²) < 4.78 is 22.8. The lowest BCUT2D eigenvalue weighted by atomic mass is 10.1. The summed E-state index contributed by atoms with van der Waals surface area (Å²) in [4.78, 5) is 20.4. The van der Waals surface area contributed by atoms with Gasteiger partial charge < -0.3 is 10.6 Å². The van der Waals surface area contributed by atoms with E-state index >= 15 is 0 Å². The molecule has 132 valence electrons. The Hall–Kier alpha value is -2.48. The Morgan fingerprint density at radius 3 is 2.60 bits per heavy atom. The molecule has 1 fully saturated rings. The SMILES string of the molecule is O=C(NC1CCS(=O)(=O)C1)c1cnc(NCCc2ccccc2)cn1. The predicted molar refractivity (Wildman–Crippen MR) is 95.2 cm³/mol. The minimum atomic E-state index is -3.02. The smallest absolute Gasteiger partial charge is 0.271 e. The molecule has 0 aliphatic carbocycles. The van der Waals surface area contributed by atoms with E-state index in [9.17, 15) is 13.2 Å². The number of hydrogen-bond donors (Lipinski definition) is 2. The van der Waals surface area contributed by atoms with Crippen LogP contribution in [0.4, 0.5) is 5.82 Å². The quantitative estimate of drug-likeness (QED) is 0.798. The second kappa shape index (κ2) is 7.60. The first-order valence-electron chi connectivity index (χ1n) is 8.13. The number of anilines is 1. The highest BCUT2D eigenvalue weighted by atomic mass is 32.2. The van der Waals surface area contributed by atoms with Crippen molar-refractivity contribution in [2.24, 2.45) is 0 Å². The Balaban J connectivity index is 1.49. The van der Waals surface area contributed by atoms with Crippen molar-refractivity contribution in [3.8, 4) is 0 Å². The number of carbonyl (C=O) groups excluding carboxylic acids is 1. The van der Waals surface area contributed by atoms with Crippen molar-refractivity contribution in [3.05, 3.63) is 54.0 Å². The Kier molecular flexibility index (Phi) is 5.28. The van der Waals surface area contributed by atoms with E-state index in [1.165, 1.54) is 18.0 Å². The summed E-state index contributed by atoms with van der Waals surface area (Å²) in [6, 6.07) is 9.75. The van der Waals surface area contributed by atoms with Gasteiger partial charge in [-0.3, -0.25) is 4.79 Å². The van der Waals surface area contributed by atoms with Crippen LogP contribution in [0.2, 0.25) is 0 Å². The topological polar surface area (TPSA) is 101 Å². The fourth-order valence-electron chi connectivity index (χ4n) is 2.68. The average Bonchev–Trinajstić information content (AvgIpc) is 2.95. The van der Waals surface area contributed by atoms with Gasteiger partial charge in [-0.15, -0.1) is 0 Å². The lowest BCUT2D eigenvalue weighted by molar-refractivity contribution is 0.0935. The summed E-state index contributed by atoms with van der Waals surface area (Å²) in [5, 5.41) is 5.85. The molecule has 0 saturated carbocycles. The monoisotopic (exact) mass is 360 g/mol. The molecule has 0 radical (unpaired) electrons. The zero-order valence-electron chi connectivity index (χ0n) is 13.7. The highest BCUT2D eigenvalue weighted by Crippen LogP contribution is 2.12. The van der Waals surface area contributed by atoms with E-state index in [1.807, 2.05) is 18.2 Å². The van der Waals surface area contributed by atoms with Gasteiger partial charge in [-0.25, -0.2) is 18.4 Å². The minimum Gasteiger partial charge on any atom is -0.368 e. The van der Waals surface area contributed by atoms with Crippen LogP contribution >= 0.6 is 0 Å². The molecule has 1 aromatic carbocycles. The van der Waals surface area contributed by atoms with E-state index in [0.717, 1.165) is 6.42 Å². The summed E-state index contributed by atoms with van der Waals surface area (Å²) in [6.45, 7) is 0.712. The third-order valence-corrected chi connectivity index (χ3v) is 5.78. The van der Waals surface area contributed by atoms with Gasteiger partial charge in [0.1, 0.15) is 11.5 Å². The van der Waals surface area contributed by atoms with E-state index in [4.69, 9.17) is 0 Å². The fourth-order valence-corrected chi connectivity index (χ4v) is 4.36. The van der Waals surface area contributed by atoms with Crippen LogP contribution in [0, 0.1) is 0 Å². The summed E-state index contributed by atoms with van der Waals surface area (Å²) in [7, 11) is -3.02. The van der Waals surface area contributed by atoms with Gasteiger partial charge in [0.2, 0.25) is 0 Å². The number of nitrogens with zero attached hydrogens (tertiary/aromatic N) is 2. The molecule has 1 unspecified atom stereocenters. The summed E-state index contributed by atoms with van der Waals surface area (Å²) >= 11 is 0. The van der Waals surface area contributed by atoms with E-state index in [0.29, 0.717) is 18.8 Å². The van der Waals surface area contributed by atoms with Crippen molar-refractivity contribution in [1.29, 1.82) is 0 Å². The van der Waals surface area contributed by atoms with Crippen LogP contribution in [0.25, 0.3) is 0 Å². The van der Waals surface area contributed by atoms with Crippen LogP contribution in [0.3, 0.4) is 0 Å². The number of rotatable bonds is 6. The lowest BCUT2D eigenvalue weighted by Crippen LogP contribution is -2.36. The van der Waals surface area contributed by atoms with Gasteiger partial charge in [-0.05, 0) is 18.4 Å². The first kappa shape index (κ1) is 17.3. The van der Waals surface area contributed by atoms with E-state index < -0.39 is 15.7 Å². The molecule has 25 heavy (non-hydrogen) atoms. The van der Waals surface area contributed by atoms with Crippen LogP contribution in [-0.2, 0) is 16.3 Å². The molecule has 1 aliphatic rings. The van der Waals surface area contributed by atoms with Crippen molar-refractivity contribution in [2.75, 3.05) is 23.4 Å². The van der Waals surface area contributed by atoms with Crippen LogP contribution < -0.4 is 10.6 Å². The molecule has 1 saturated heterocycles. The van der Waals surface area contributed by atoms with Gasteiger partial charge >= 0.3 is 0 Å². The standard InChI is InChI=1S/C17H20N4O3S/c22-17(21-14-7-9-25(23,24)12-14)15-10-20-16(11-19-15)18-8-6-13-4-2-1-3-5-13/h1-5,10-11,14H,6-9,12H2,(H,18,20)(H,21,22). The highest BCUT2D eigenvalue weighted by Gasteiger charge is 2.29. The molecule has 1 atom stereocenters. The van der Waals surface area contributed by atoms with Crippen molar-refractivity contribution >= 4 is 21.6 Å². The van der Waals surface area contributed by atoms with Gasteiger partial charge in [-0.2, -0.15) is 0 Å². The third-order valence-electron chi connectivity index (χ3n) is 4.01. The maximum atomic E-state index is 12.1. The molecule has 2 aromatic rings. The molecular formula is C17H20N4O3S. The van der Waals surface area contributed by atoms with Gasteiger partial charge in [0.05, 0.1) is 23.9 Å². The lowest BCUT2D eigenvalue weighted by Gasteiger charge is -2.10. The number of carbonyl (C=O) groups is 1. The summed E-state index contributed by atoms with van der Waals surface area (Å²) in [6.07, 6.45) is 4.20. The third kappa shape index (κ3) is 4.99. The van der Waals surface area contributed by atoms with Gasteiger partial charge in [0.15, 0.2) is 9.84 Å². The molecule has 1 aromatic heterocycles. The molecule has 7 nitrogen and oxygen atoms in total. The molecule has 1 aliphatic heterocycles. The zero-order valence-corrected chi connectivity index (χ0v) is 14.5. The Morgan fingerprint density at radius 2 is 1.96 bits per heavy atom. The van der Waals surface area contributed by atoms with Crippen molar-refractivity contribution < 1.29 is 13.2 Å². The van der Waals surface area contributed by atoms with Gasteiger partial charge in [0, 0.05) is 12.6 Å². The molecule has 0 bridgehead atoms. The average molecular weight is 360 g/mol. The number of aromatic nitrogens is 2. The van der Waals surface area contributed by atoms with Crippen molar-refractivity contribution in [1.82, 2.24) is 15.3 Å². The van der Waals surface area contributed by atoms with Crippen LogP contribution in [0.1, 0.15) is 22.5 Å². The first-order valence-corrected chi connectivity index (χ1v) is 9.95. The molecule has 8 heteroatoms.